The lowest BCUT2D eigenvalue weighted by Crippen LogP contribution is -2.27. The summed E-state index contributed by atoms with van der Waals surface area (Å²) in [6.07, 6.45) is 2.81. The van der Waals surface area contributed by atoms with E-state index in [1.54, 1.807) is 6.07 Å². The normalized spacial score (nSPS) is 16.2. The molecular formula is C14H17N3O6S. The fourth-order valence-corrected chi connectivity index (χ4v) is 2.97. The molecule has 1 aliphatic rings. The summed E-state index contributed by atoms with van der Waals surface area (Å²) in [5, 5.41) is 15.9. The van der Waals surface area contributed by atoms with Crippen molar-refractivity contribution >= 4 is 39.4 Å². The number of thiol groups is 1. The first kappa shape index (κ1) is 17.8. The molecule has 1 aromatic heterocycles. The summed E-state index contributed by atoms with van der Waals surface area (Å²) < 4.78 is 23.8. The average molecular weight is 355 g/mol. The molecule has 0 bridgehead atoms. The Balaban J connectivity index is 0.000000301. The van der Waals surface area contributed by atoms with Crippen molar-refractivity contribution in [1.29, 1.82) is 0 Å². The highest BCUT2D eigenvalue weighted by Gasteiger charge is 2.20. The van der Waals surface area contributed by atoms with E-state index in [4.69, 9.17) is 25.5 Å². The number of nitrogens with one attached hydrogen (secondary N) is 2. The van der Waals surface area contributed by atoms with Gasteiger partial charge in [-0.05, 0) is 43.0 Å². The van der Waals surface area contributed by atoms with Crippen LogP contribution in [0.25, 0.3) is 10.9 Å². The summed E-state index contributed by atoms with van der Waals surface area (Å²) in [5.41, 5.74) is 10.1. The molecule has 0 saturated carbocycles. The maximum Gasteiger partial charge on any atom is 0.414 e. The number of anilines is 1. The number of carboxylic acids is 2. The van der Waals surface area contributed by atoms with E-state index < -0.39 is 22.8 Å². The van der Waals surface area contributed by atoms with Crippen molar-refractivity contribution in [3.05, 3.63) is 29.5 Å². The maximum atomic E-state index is 10.7. The molecule has 1 atom stereocenters. The van der Waals surface area contributed by atoms with E-state index in [9.17, 15) is 8.42 Å². The number of carboxylic acid groups (broad SMARTS) is 2. The first-order chi connectivity index (χ1) is 11.3. The van der Waals surface area contributed by atoms with E-state index >= 15 is 0 Å². The van der Waals surface area contributed by atoms with Gasteiger partial charge < -0.3 is 20.9 Å². The van der Waals surface area contributed by atoms with Gasteiger partial charge in [-0.25, -0.2) is 18.0 Å². The van der Waals surface area contributed by atoms with Crippen molar-refractivity contribution in [3.63, 3.8) is 0 Å². The molecule has 1 aliphatic carbocycles. The van der Waals surface area contributed by atoms with Crippen LogP contribution in [0.15, 0.2) is 18.2 Å². The number of nitrogens with two attached hydrogens (primary N) is 1. The molecule has 1 aromatic carbocycles. The smallest absolute Gasteiger partial charge is 0.414 e. The molecule has 1 unspecified atom stereocenters. The van der Waals surface area contributed by atoms with Crippen LogP contribution in [0, 0.1) is 0 Å². The molecule has 2 aromatic rings. The lowest BCUT2D eigenvalue weighted by Gasteiger charge is -2.18. The highest BCUT2D eigenvalue weighted by molar-refractivity contribution is 7.73. The second-order valence-electron chi connectivity index (χ2n) is 5.32. The Morgan fingerprint density at radius 2 is 1.92 bits per heavy atom. The van der Waals surface area contributed by atoms with Crippen LogP contribution in [0.2, 0.25) is 0 Å². The van der Waals surface area contributed by atoms with E-state index in [0.717, 1.165) is 30.2 Å². The zero-order valence-electron chi connectivity index (χ0n) is 12.5. The third-order valence-corrected chi connectivity index (χ3v) is 4.07. The number of hydrogen-bond acceptors (Lipinski definition) is 5. The highest BCUT2D eigenvalue weighted by Crippen LogP contribution is 2.30. The number of aryl methyl sites for hydroxylation is 1. The van der Waals surface area contributed by atoms with Gasteiger partial charge >= 0.3 is 11.9 Å². The van der Waals surface area contributed by atoms with E-state index in [1.807, 2.05) is 12.1 Å². The van der Waals surface area contributed by atoms with Crippen molar-refractivity contribution < 1.29 is 28.2 Å². The molecule has 3 rings (SSSR count). The van der Waals surface area contributed by atoms with Gasteiger partial charge in [-0.3, -0.25) is 4.72 Å². The SMILES string of the molecule is NC1CCc2[nH]c3ccc(N[SH](=O)=O)cc3c2C1.O=C(O)C(=O)O. The molecule has 24 heavy (non-hydrogen) atoms. The summed E-state index contributed by atoms with van der Waals surface area (Å²) in [6.45, 7) is 0. The van der Waals surface area contributed by atoms with E-state index in [2.05, 4.69) is 9.71 Å². The minimum absolute atomic E-state index is 0.198. The molecule has 10 heteroatoms. The van der Waals surface area contributed by atoms with Gasteiger partial charge in [0.1, 0.15) is 0 Å². The molecule has 6 N–H and O–H groups in total. The topological polar surface area (TPSA) is 163 Å². The fourth-order valence-electron chi connectivity index (χ4n) is 2.62. The van der Waals surface area contributed by atoms with Crippen LogP contribution in [0.3, 0.4) is 0 Å². The number of aromatic nitrogens is 1. The molecule has 0 fully saturated rings. The minimum Gasteiger partial charge on any atom is -0.473 e. The molecular weight excluding hydrogens is 338 g/mol. The summed E-state index contributed by atoms with van der Waals surface area (Å²) >= 11 is 0. The van der Waals surface area contributed by atoms with Crippen molar-refractivity contribution in [2.75, 3.05) is 4.72 Å². The van der Waals surface area contributed by atoms with Crippen molar-refractivity contribution in [2.45, 2.75) is 25.3 Å². The van der Waals surface area contributed by atoms with Gasteiger partial charge in [-0.15, -0.1) is 0 Å². The van der Waals surface area contributed by atoms with Crippen LogP contribution < -0.4 is 10.5 Å². The van der Waals surface area contributed by atoms with Gasteiger partial charge in [-0.2, -0.15) is 0 Å². The minimum atomic E-state index is -2.62. The number of H-pyrrole nitrogens is 1. The van der Waals surface area contributed by atoms with Crippen LogP contribution in [-0.2, 0) is 33.3 Å². The largest absolute Gasteiger partial charge is 0.473 e. The third kappa shape index (κ3) is 4.24. The predicted molar refractivity (Wildman–Crippen MR) is 87.5 cm³/mol. The molecule has 0 spiro atoms. The maximum absolute atomic E-state index is 10.7. The fraction of sp³-hybridized carbons (Fsp3) is 0.286. The number of hydrogen-bond donors (Lipinski definition) is 6. The molecule has 0 amide bonds. The Bertz CT molecular complexity index is 838. The number of carbonyl (C=O) groups is 2. The lowest BCUT2D eigenvalue weighted by molar-refractivity contribution is -0.159. The number of aromatic amines is 1. The van der Waals surface area contributed by atoms with Crippen molar-refractivity contribution in [1.82, 2.24) is 4.98 Å². The monoisotopic (exact) mass is 355 g/mol. The first-order valence-corrected chi connectivity index (χ1v) is 8.22. The van der Waals surface area contributed by atoms with E-state index in [-0.39, 0.29) is 6.04 Å². The van der Waals surface area contributed by atoms with Gasteiger partial charge in [0.15, 0.2) is 0 Å². The highest BCUT2D eigenvalue weighted by atomic mass is 32.2. The predicted octanol–water partition coefficient (Wildman–Crippen LogP) is 0.0778. The standard InChI is InChI=1S/C12H15N3O2S.C2H2O4/c13-7-1-3-11-9(5-7)10-6-8(15-18(16)17)2-4-12(10)14-11;3-1(4)2(5)6/h2,4,6-7,14,18H,1,3,5,13H2,(H,15,16,17);(H,3,4)(H,5,6). The van der Waals surface area contributed by atoms with Gasteiger partial charge in [0.25, 0.3) is 0 Å². The van der Waals surface area contributed by atoms with Gasteiger partial charge in [0.05, 0.1) is 0 Å². The summed E-state index contributed by atoms with van der Waals surface area (Å²) in [5.74, 6) is -3.65. The Kier molecular flexibility index (Phi) is 5.42. The molecule has 0 saturated heterocycles. The van der Waals surface area contributed by atoms with Gasteiger partial charge in [0, 0.05) is 28.3 Å². The first-order valence-electron chi connectivity index (χ1n) is 7.04. The number of aliphatic carboxylic acids is 2. The zero-order valence-corrected chi connectivity index (χ0v) is 13.4. The Labute approximate surface area is 138 Å². The van der Waals surface area contributed by atoms with Crippen LogP contribution in [-0.4, -0.2) is 41.6 Å². The Morgan fingerprint density at radius 3 is 2.50 bits per heavy atom. The molecule has 0 radical (unpaired) electrons. The zero-order chi connectivity index (χ0) is 17.9. The van der Waals surface area contributed by atoms with Crippen LogP contribution in [0.4, 0.5) is 5.69 Å². The Morgan fingerprint density at radius 1 is 1.25 bits per heavy atom. The lowest BCUT2D eigenvalue weighted by atomic mass is 9.92. The number of fused-ring (bicyclic) bond motifs is 3. The summed E-state index contributed by atoms with van der Waals surface area (Å²) in [6, 6.07) is 5.73. The van der Waals surface area contributed by atoms with E-state index in [0.29, 0.717) is 5.69 Å². The van der Waals surface area contributed by atoms with Gasteiger partial charge in [-0.1, -0.05) is 0 Å². The van der Waals surface area contributed by atoms with Crippen molar-refractivity contribution in [3.8, 4) is 0 Å². The van der Waals surface area contributed by atoms with E-state index in [1.165, 1.54) is 11.3 Å². The second kappa shape index (κ2) is 7.32. The Hall–Kier alpha value is -2.59. The summed E-state index contributed by atoms with van der Waals surface area (Å²) in [4.78, 5) is 21.6. The molecule has 0 aliphatic heterocycles. The number of rotatable bonds is 2. The summed E-state index contributed by atoms with van der Waals surface area (Å²) in [7, 11) is -2.62. The van der Waals surface area contributed by atoms with Gasteiger partial charge in [0.2, 0.25) is 10.9 Å². The third-order valence-electron chi connectivity index (χ3n) is 3.63. The quantitative estimate of drug-likeness (QED) is 0.328. The number of benzene rings is 1. The average Bonchev–Trinajstić information content (AvgIpc) is 2.84. The molecule has 1 heterocycles. The molecule has 9 nitrogen and oxygen atoms in total. The molecule has 130 valence electrons. The van der Waals surface area contributed by atoms with Crippen LogP contribution >= 0.6 is 0 Å². The van der Waals surface area contributed by atoms with Crippen molar-refractivity contribution in [2.24, 2.45) is 5.73 Å². The van der Waals surface area contributed by atoms with Crippen LogP contribution in [0.1, 0.15) is 17.7 Å². The van der Waals surface area contributed by atoms with Crippen LogP contribution in [0.5, 0.6) is 0 Å². The second-order valence-corrected chi connectivity index (χ2v) is 6.06.